The van der Waals surface area contributed by atoms with Crippen LogP contribution in [-0.4, -0.2) is 20.6 Å². The van der Waals surface area contributed by atoms with Crippen LogP contribution in [0.15, 0.2) is 34.5 Å². The maximum absolute atomic E-state index is 12.6. The van der Waals surface area contributed by atoms with Crippen LogP contribution >= 0.6 is 23.2 Å². The van der Waals surface area contributed by atoms with Crippen molar-refractivity contribution < 1.29 is 18.4 Å². The second kappa shape index (κ2) is 6.09. The van der Waals surface area contributed by atoms with Crippen molar-refractivity contribution in [1.29, 1.82) is 0 Å². The molecule has 23 heavy (non-hydrogen) atoms. The second-order valence-electron chi connectivity index (χ2n) is 4.26. The van der Waals surface area contributed by atoms with E-state index in [1.165, 1.54) is 0 Å². The average Bonchev–Trinajstić information content (AvgIpc) is 2.47. The monoisotopic (exact) mass is 366 g/mol. The van der Waals surface area contributed by atoms with Gasteiger partial charge in [0.1, 0.15) is 0 Å². The predicted octanol–water partition coefficient (Wildman–Crippen LogP) is 2.65. The van der Waals surface area contributed by atoms with Crippen LogP contribution in [0.25, 0.3) is 5.82 Å². The fourth-order valence-electron chi connectivity index (χ4n) is 1.71. The Morgan fingerprint density at radius 2 is 2.00 bits per heavy atom. The Morgan fingerprint density at radius 3 is 2.52 bits per heavy atom. The number of halogens is 5. The first-order chi connectivity index (χ1) is 10.6. The number of alkyl halides is 3. The predicted molar refractivity (Wildman–Crippen MR) is 77.4 cm³/mol. The van der Waals surface area contributed by atoms with Crippen LogP contribution in [0.5, 0.6) is 0 Å². The molecule has 122 valence electrons. The molecule has 0 aliphatic carbocycles. The molecule has 0 amide bonds. The van der Waals surface area contributed by atoms with Crippen LogP contribution in [0, 0.1) is 0 Å². The third-order valence-electron chi connectivity index (χ3n) is 2.74. The summed E-state index contributed by atoms with van der Waals surface area (Å²) in [6, 6.07) is 1.76. The molecule has 0 unspecified atom stereocenters. The highest BCUT2D eigenvalue weighted by Gasteiger charge is 2.31. The van der Waals surface area contributed by atoms with Crippen molar-refractivity contribution in [3.8, 4) is 5.82 Å². The third kappa shape index (κ3) is 3.40. The summed E-state index contributed by atoms with van der Waals surface area (Å²) in [6.07, 6.45) is -3.01. The molecule has 2 rings (SSSR count). The van der Waals surface area contributed by atoms with Gasteiger partial charge in [-0.1, -0.05) is 28.4 Å². The molecule has 3 N–H and O–H groups in total. The first kappa shape index (κ1) is 17.1. The first-order valence-electron chi connectivity index (χ1n) is 5.78. The second-order valence-corrected chi connectivity index (χ2v) is 5.10. The van der Waals surface area contributed by atoms with E-state index >= 15 is 0 Å². The number of nitrogens with two attached hydrogens (primary N) is 1. The summed E-state index contributed by atoms with van der Waals surface area (Å²) in [5.41, 5.74) is 3.20. The summed E-state index contributed by atoms with van der Waals surface area (Å²) in [7, 11) is 0. The summed E-state index contributed by atoms with van der Waals surface area (Å²) in [4.78, 5) is 15.8. The van der Waals surface area contributed by atoms with Crippen LogP contribution in [0.4, 0.5) is 13.2 Å². The summed E-state index contributed by atoms with van der Waals surface area (Å²) < 4.78 is 38.6. The molecule has 0 saturated heterocycles. The van der Waals surface area contributed by atoms with Gasteiger partial charge in [-0.25, -0.2) is 4.98 Å². The normalized spacial score (nSPS) is 12.5. The number of hydrogen-bond donors (Lipinski definition) is 2. The van der Waals surface area contributed by atoms with Gasteiger partial charge in [0.25, 0.3) is 5.56 Å². The quantitative estimate of drug-likeness (QED) is 0.369. The molecule has 11 heteroatoms. The van der Waals surface area contributed by atoms with E-state index < -0.39 is 28.2 Å². The molecule has 0 saturated carbocycles. The molecule has 0 radical (unpaired) electrons. The lowest BCUT2D eigenvalue weighted by molar-refractivity contribution is -0.137. The minimum absolute atomic E-state index is 0.00367. The molecule has 0 aliphatic heterocycles. The number of oxime groups is 1. The lowest BCUT2D eigenvalue weighted by atomic mass is 10.2. The van der Waals surface area contributed by atoms with Gasteiger partial charge in [-0.2, -0.15) is 13.2 Å². The molecular formula is C12H7Cl2F3N4O2. The van der Waals surface area contributed by atoms with E-state index in [-0.39, 0.29) is 16.4 Å². The minimum Gasteiger partial charge on any atom is -0.409 e. The SMILES string of the molecule is N/C(=N\O)c1cc(Cl)cn(-c2ncc(C(F)(F)F)cc2Cl)c1=O. The number of rotatable bonds is 2. The zero-order valence-electron chi connectivity index (χ0n) is 11.0. The molecule has 2 aromatic rings. The number of amidine groups is 1. The highest BCUT2D eigenvalue weighted by Crippen LogP contribution is 2.31. The number of aromatic nitrogens is 2. The van der Waals surface area contributed by atoms with Gasteiger partial charge in [-0.3, -0.25) is 9.36 Å². The maximum atomic E-state index is 12.6. The van der Waals surface area contributed by atoms with Crippen LogP contribution < -0.4 is 11.3 Å². The van der Waals surface area contributed by atoms with Crippen molar-refractivity contribution in [2.75, 3.05) is 0 Å². The van der Waals surface area contributed by atoms with E-state index in [9.17, 15) is 18.0 Å². The van der Waals surface area contributed by atoms with Gasteiger partial charge in [0, 0.05) is 12.4 Å². The van der Waals surface area contributed by atoms with E-state index in [4.69, 9.17) is 34.1 Å². The minimum atomic E-state index is -4.63. The largest absolute Gasteiger partial charge is 0.417 e. The topological polar surface area (TPSA) is 93.5 Å². The molecule has 0 spiro atoms. The van der Waals surface area contributed by atoms with Crippen LogP contribution in [0.2, 0.25) is 10.0 Å². The Balaban J connectivity index is 2.69. The zero-order valence-corrected chi connectivity index (χ0v) is 12.5. The van der Waals surface area contributed by atoms with Gasteiger partial charge >= 0.3 is 6.18 Å². The van der Waals surface area contributed by atoms with Crippen molar-refractivity contribution in [3.63, 3.8) is 0 Å². The highest BCUT2D eigenvalue weighted by molar-refractivity contribution is 6.32. The molecule has 0 bridgehead atoms. The van der Waals surface area contributed by atoms with Crippen LogP contribution in [0.3, 0.4) is 0 Å². The van der Waals surface area contributed by atoms with Gasteiger partial charge in [-0.15, -0.1) is 0 Å². The molecule has 6 nitrogen and oxygen atoms in total. The van der Waals surface area contributed by atoms with E-state index in [2.05, 4.69) is 10.1 Å². The Labute approximate surface area is 136 Å². The lowest BCUT2D eigenvalue weighted by Gasteiger charge is -2.12. The summed E-state index contributed by atoms with van der Waals surface area (Å²) in [6.45, 7) is 0. The van der Waals surface area contributed by atoms with Crippen molar-refractivity contribution in [3.05, 3.63) is 56.1 Å². The summed E-state index contributed by atoms with van der Waals surface area (Å²) >= 11 is 11.6. The van der Waals surface area contributed by atoms with Crippen molar-refractivity contribution in [2.45, 2.75) is 6.18 Å². The first-order valence-corrected chi connectivity index (χ1v) is 6.54. The summed E-state index contributed by atoms with van der Waals surface area (Å²) in [5.74, 6) is -0.798. The zero-order chi connectivity index (χ0) is 17.4. The van der Waals surface area contributed by atoms with Gasteiger partial charge in [0.2, 0.25) is 0 Å². The standard InChI is InChI=1S/C12H7Cl2F3N4O2/c13-6-2-7(9(18)20-23)11(22)21(4-6)10-8(14)1-5(3-19-10)12(15,16)17/h1-4,23H,(H2,18,20). The van der Waals surface area contributed by atoms with Crippen LogP contribution in [0.1, 0.15) is 11.1 Å². The smallest absolute Gasteiger partial charge is 0.409 e. The van der Waals surface area contributed by atoms with E-state index in [1.54, 1.807) is 0 Å². The molecule has 0 aliphatic rings. The Hall–Kier alpha value is -2.26. The fourth-order valence-corrected chi connectivity index (χ4v) is 2.17. The van der Waals surface area contributed by atoms with Gasteiger partial charge < -0.3 is 10.9 Å². The van der Waals surface area contributed by atoms with Gasteiger partial charge in [-0.05, 0) is 12.1 Å². The average molecular weight is 367 g/mol. The van der Waals surface area contributed by atoms with Gasteiger partial charge in [0.15, 0.2) is 11.7 Å². The molecule has 0 fully saturated rings. The third-order valence-corrected chi connectivity index (χ3v) is 3.23. The van der Waals surface area contributed by atoms with E-state index in [0.717, 1.165) is 16.8 Å². The van der Waals surface area contributed by atoms with Crippen molar-refractivity contribution in [2.24, 2.45) is 10.9 Å². The molecule has 2 heterocycles. The van der Waals surface area contributed by atoms with E-state index in [0.29, 0.717) is 12.3 Å². The molecule has 0 aromatic carbocycles. The lowest BCUT2D eigenvalue weighted by Crippen LogP contribution is -2.29. The Bertz CT molecular complexity index is 849. The number of nitrogens with zero attached hydrogens (tertiary/aromatic N) is 3. The number of pyridine rings is 2. The fraction of sp³-hybridized carbons (Fsp3) is 0.0833. The molecular weight excluding hydrogens is 360 g/mol. The number of hydrogen-bond acceptors (Lipinski definition) is 4. The highest BCUT2D eigenvalue weighted by atomic mass is 35.5. The Morgan fingerprint density at radius 1 is 1.35 bits per heavy atom. The van der Waals surface area contributed by atoms with E-state index in [1.807, 2.05) is 0 Å². The van der Waals surface area contributed by atoms with Crippen molar-refractivity contribution >= 4 is 29.0 Å². The molecule has 2 aromatic heterocycles. The summed E-state index contributed by atoms with van der Waals surface area (Å²) in [5, 5.41) is 10.9. The molecule has 0 atom stereocenters. The van der Waals surface area contributed by atoms with Gasteiger partial charge in [0.05, 0.1) is 21.2 Å². The maximum Gasteiger partial charge on any atom is 0.417 e. The Kier molecular flexibility index (Phi) is 4.53. The van der Waals surface area contributed by atoms with Crippen molar-refractivity contribution in [1.82, 2.24) is 9.55 Å². The van der Waals surface area contributed by atoms with Crippen LogP contribution in [-0.2, 0) is 6.18 Å².